The Morgan fingerprint density at radius 3 is 2.47 bits per heavy atom. The Balaban J connectivity index is 2.24. The lowest BCUT2D eigenvalue weighted by Gasteiger charge is -2.38. The van der Waals surface area contributed by atoms with Crippen LogP contribution >= 0.6 is 0 Å². The normalized spacial score (nSPS) is 23.9. The van der Waals surface area contributed by atoms with Gasteiger partial charge < -0.3 is 10.1 Å². The molecule has 1 rings (SSSR count). The van der Waals surface area contributed by atoms with Crippen LogP contribution in [0.1, 0.15) is 46.5 Å². The molecule has 5 heteroatoms. The van der Waals surface area contributed by atoms with Gasteiger partial charge in [0.2, 0.25) is 5.91 Å². The van der Waals surface area contributed by atoms with Gasteiger partial charge in [0.25, 0.3) is 0 Å². The fourth-order valence-corrected chi connectivity index (χ4v) is 2.55. The number of piperidine rings is 1. The van der Waals surface area contributed by atoms with Gasteiger partial charge in [-0.3, -0.25) is 14.5 Å². The fourth-order valence-electron chi connectivity index (χ4n) is 2.55. The Kier molecular flexibility index (Phi) is 6.84. The summed E-state index contributed by atoms with van der Waals surface area (Å²) in [7, 11) is 0. The van der Waals surface area contributed by atoms with Gasteiger partial charge in [-0.25, -0.2) is 0 Å². The van der Waals surface area contributed by atoms with Crippen molar-refractivity contribution in [1.29, 1.82) is 0 Å². The number of hydrogen-bond donors (Lipinski definition) is 1. The zero-order valence-electron chi connectivity index (χ0n) is 12.3. The molecule has 19 heavy (non-hydrogen) atoms. The van der Waals surface area contributed by atoms with E-state index in [4.69, 9.17) is 4.74 Å². The second-order valence-corrected chi connectivity index (χ2v) is 5.21. The van der Waals surface area contributed by atoms with E-state index in [9.17, 15) is 9.59 Å². The first-order chi connectivity index (χ1) is 9.04. The number of carbonyl (C=O) groups excluding carboxylic acids is 2. The minimum absolute atomic E-state index is 0.00935. The number of hydrogen-bond acceptors (Lipinski definition) is 4. The molecule has 0 aromatic heterocycles. The number of nitrogens with zero attached hydrogens (tertiary/aromatic N) is 1. The van der Waals surface area contributed by atoms with Crippen molar-refractivity contribution >= 4 is 11.9 Å². The summed E-state index contributed by atoms with van der Waals surface area (Å²) in [5.74, 6) is -0.271. The molecule has 1 amide bonds. The van der Waals surface area contributed by atoms with Crippen LogP contribution in [0.4, 0.5) is 0 Å². The molecule has 0 bridgehead atoms. The average molecular weight is 270 g/mol. The van der Waals surface area contributed by atoms with Crippen LogP contribution in [0.5, 0.6) is 0 Å². The highest BCUT2D eigenvalue weighted by atomic mass is 16.5. The first kappa shape index (κ1) is 16.0. The summed E-state index contributed by atoms with van der Waals surface area (Å²) in [6, 6.07) is 0.916. The maximum atomic E-state index is 11.8. The van der Waals surface area contributed by atoms with E-state index in [0.717, 1.165) is 12.8 Å². The van der Waals surface area contributed by atoms with E-state index in [1.54, 1.807) is 6.92 Å². The molecule has 110 valence electrons. The number of likely N-dealkylation sites (tertiary alicyclic amines) is 1. The van der Waals surface area contributed by atoms with Gasteiger partial charge in [0.05, 0.1) is 19.6 Å². The number of rotatable bonds is 6. The molecule has 2 atom stereocenters. The highest BCUT2D eigenvalue weighted by Crippen LogP contribution is 2.21. The van der Waals surface area contributed by atoms with Gasteiger partial charge in [0, 0.05) is 18.6 Å². The topological polar surface area (TPSA) is 58.6 Å². The smallest absolute Gasteiger partial charge is 0.307 e. The fraction of sp³-hybridized carbons (Fsp3) is 0.857. The molecule has 1 saturated heterocycles. The minimum atomic E-state index is -0.262. The molecule has 0 saturated carbocycles. The first-order valence-electron chi connectivity index (χ1n) is 7.22. The molecule has 1 aliphatic heterocycles. The zero-order valence-corrected chi connectivity index (χ0v) is 12.3. The average Bonchev–Trinajstić information content (AvgIpc) is 2.34. The predicted molar refractivity (Wildman–Crippen MR) is 73.7 cm³/mol. The summed E-state index contributed by atoms with van der Waals surface area (Å²) in [6.07, 6.45) is 3.79. The second-order valence-electron chi connectivity index (χ2n) is 5.21. The SMILES string of the molecule is CCOC(=O)CCNC(=O)CN1C(C)CCCC1C. The van der Waals surface area contributed by atoms with Gasteiger partial charge in [-0.1, -0.05) is 6.42 Å². The minimum Gasteiger partial charge on any atom is -0.466 e. The van der Waals surface area contributed by atoms with Crippen LogP contribution in [-0.4, -0.2) is 48.6 Å². The monoisotopic (exact) mass is 270 g/mol. The van der Waals surface area contributed by atoms with Crippen LogP contribution in [0.15, 0.2) is 0 Å². The molecule has 0 aliphatic carbocycles. The van der Waals surface area contributed by atoms with E-state index in [1.165, 1.54) is 6.42 Å². The Hall–Kier alpha value is -1.10. The van der Waals surface area contributed by atoms with Crippen LogP contribution in [0, 0.1) is 0 Å². The standard InChI is InChI=1S/C14H26N2O3/c1-4-19-14(18)8-9-15-13(17)10-16-11(2)6-5-7-12(16)3/h11-12H,4-10H2,1-3H3,(H,15,17). The summed E-state index contributed by atoms with van der Waals surface area (Å²) < 4.78 is 4.81. The van der Waals surface area contributed by atoms with Gasteiger partial charge in [-0.05, 0) is 33.6 Å². The molecule has 0 radical (unpaired) electrons. The number of nitrogens with one attached hydrogen (secondary N) is 1. The van der Waals surface area contributed by atoms with Crippen molar-refractivity contribution < 1.29 is 14.3 Å². The quantitative estimate of drug-likeness (QED) is 0.740. The summed E-state index contributed by atoms with van der Waals surface area (Å²) in [6.45, 7) is 7.27. The highest BCUT2D eigenvalue weighted by molar-refractivity contribution is 5.79. The first-order valence-corrected chi connectivity index (χ1v) is 7.22. The molecule has 1 fully saturated rings. The van der Waals surface area contributed by atoms with E-state index in [0.29, 0.717) is 31.8 Å². The molecular weight excluding hydrogens is 244 g/mol. The molecule has 0 aromatic carbocycles. The Labute approximate surface area is 115 Å². The Bertz CT molecular complexity index is 297. The Morgan fingerprint density at radius 1 is 1.26 bits per heavy atom. The Morgan fingerprint density at radius 2 is 1.89 bits per heavy atom. The van der Waals surface area contributed by atoms with Crippen molar-refractivity contribution in [3.63, 3.8) is 0 Å². The zero-order chi connectivity index (χ0) is 14.3. The van der Waals surface area contributed by atoms with E-state index in [2.05, 4.69) is 24.1 Å². The number of ether oxygens (including phenoxy) is 1. The molecular formula is C14H26N2O3. The molecule has 5 nitrogen and oxygen atoms in total. The van der Waals surface area contributed by atoms with Crippen LogP contribution in [-0.2, 0) is 14.3 Å². The van der Waals surface area contributed by atoms with E-state index in [1.807, 2.05) is 0 Å². The highest BCUT2D eigenvalue weighted by Gasteiger charge is 2.26. The van der Waals surface area contributed by atoms with Crippen molar-refractivity contribution in [3.8, 4) is 0 Å². The lowest BCUT2D eigenvalue weighted by atomic mass is 9.97. The second kappa shape index (κ2) is 8.15. The van der Waals surface area contributed by atoms with Gasteiger partial charge in [0.15, 0.2) is 0 Å². The third-order valence-electron chi connectivity index (χ3n) is 3.66. The summed E-state index contributed by atoms with van der Waals surface area (Å²) in [4.78, 5) is 25.2. The number of esters is 1. The lowest BCUT2D eigenvalue weighted by molar-refractivity contribution is -0.143. The molecule has 1 N–H and O–H groups in total. The summed E-state index contributed by atoms with van der Waals surface area (Å²) in [5.41, 5.74) is 0. The van der Waals surface area contributed by atoms with Gasteiger partial charge in [-0.2, -0.15) is 0 Å². The van der Waals surface area contributed by atoms with Crippen LogP contribution in [0.3, 0.4) is 0 Å². The van der Waals surface area contributed by atoms with Gasteiger partial charge in [0.1, 0.15) is 0 Å². The van der Waals surface area contributed by atoms with Crippen molar-refractivity contribution in [2.24, 2.45) is 0 Å². The maximum Gasteiger partial charge on any atom is 0.307 e. The third-order valence-corrected chi connectivity index (χ3v) is 3.66. The van der Waals surface area contributed by atoms with Crippen molar-refractivity contribution in [2.45, 2.75) is 58.5 Å². The molecule has 1 aliphatic rings. The van der Waals surface area contributed by atoms with Crippen molar-refractivity contribution in [2.75, 3.05) is 19.7 Å². The maximum absolute atomic E-state index is 11.8. The number of amides is 1. The summed E-state index contributed by atoms with van der Waals surface area (Å²) in [5, 5.41) is 2.78. The van der Waals surface area contributed by atoms with Crippen molar-refractivity contribution in [1.82, 2.24) is 10.2 Å². The molecule has 0 aromatic rings. The molecule has 0 spiro atoms. The molecule has 1 heterocycles. The van der Waals surface area contributed by atoms with Gasteiger partial charge >= 0.3 is 5.97 Å². The van der Waals surface area contributed by atoms with Crippen LogP contribution in [0.2, 0.25) is 0 Å². The van der Waals surface area contributed by atoms with Crippen LogP contribution < -0.4 is 5.32 Å². The molecule has 2 unspecified atom stereocenters. The van der Waals surface area contributed by atoms with Gasteiger partial charge in [-0.15, -0.1) is 0 Å². The van der Waals surface area contributed by atoms with E-state index < -0.39 is 0 Å². The van der Waals surface area contributed by atoms with Crippen LogP contribution in [0.25, 0.3) is 0 Å². The van der Waals surface area contributed by atoms with Crippen molar-refractivity contribution in [3.05, 3.63) is 0 Å². The largest absolute Gasteiger partial charge is 0.466 e. The van der Waals surface area contributed by atoms with E-state index >= 15 is 0 Å². The number of carbonyl (C=O) groups is 2. The third kappa shape index (κ3) is 5.59. The summed E-state index contributed by atoms with van der Waals surface area (Å²) >= 11 is 0. The van der Waals surface area contributed by atoms with E-state index in [-0.39, 0.29) is 18.3 Å². The predicted octanol–water partition coefficient (Wildman–Crippen LogP) is 1.32. The lowest BCUT2D eigenvalue weighted by Crippen LogP contribution is -2.48.